The molecule has 0 spiro atoms. The number of carboxylic acids is 1. The van der Waals surface area contributed by atoms with Gasteiger partial charge < -0.3 is 20.0 Å². The molecule has 2 heterocycles. The Kier molecular flexibility index (Phi) is 5.85. The molecule has 2 amide bonds. The van der Waals surface area contributed by atoms with E-state index in [0.29, 0.717) is 13.0 Å². The van der Waals surface area contributed by atoms with Crippen LogP contribution in [0.2, 0.25) is 0 Å². The average Bonchev–Trinajstić information content (AvgIpc) is 2.52. The Bertz CT molecular complexity index is 375. The molecule has 2 unspecified atom stereocenters. The number of hydrogen-bond acceptors (Lipinski definition) is 3. The minimum atomic E-state index is -0.769. The molecular weight excluding hydrogens is 272 g/mol. The van der Waals surface area contributed by atoms with E-state index in [1.165, 1.54) is 0 Å². The van der Waals surface area contributed by atoms with Crippen molar-refractivity contribution in [3.8, 4) is 0 Å². The SMILES string of the molecule is O=C(O)CCC1CCCN(C(=O)N2CCCCC2CO)C1. The molecule has 6 heteroatoms. The van der Waals surface area contributed by atoms with Gasteiger partial charge >= 0.3 is 12.0 Å². The second kappa shape index (κ2) is 7.64. The first-order valence-electron chi connectivity index (χ1n) is 8.00. The summed E-state index contributed by atoms with van der Waals surface area (Å²) in [6.45, 7) is 2.15. The summed E-state index contributed by atoms with van der Waals surface area (Å²) in [7, 11) is 0. The molecule has 2 saturated heterocycles. The van der Waals surface area contributed by atoms with Crippen molar-refractivity contribution in [2.75, 3.05) is 26.2 Å². The van der Waals surface area contributed by atoms with E-state index >= 15 is 0 Å². The predicted octanol–water partition coefficient (Wildman–Crippen LogP) is 1.53. The highest BCUT2D eigenvalue weighted by Crippen LogP contribution is 2.24. The van der Waals surface area contributed by atoms with E-state index in [0.717, 1.165) is 45.2 Å². The third-order valence-electron chi connectivity index (χ3n) is 4.64. The predicted molar refractivity (Wildman–Crippen MR) is 78.0 cm³/mol. The maximum absolute atomic E-state index is 12.6. The van der Waals surface area contributed by atoms with Crippen LogP contribution < -0.4 is 0 Å². The molecular formula is C15H26N2O4. The molecule has 2 fully saturated rings. The first-order chi connectivity index (χ1) is 10.1. The number of carbonyl (C=O) groups excluding carboxylic acids is 1. The van der Waals surface area contributed by atoms with Gasteiger partial charge in [0.15, 0.2) is 0 Å². The third kappa shape index (κ3) is 4.33. The smallest absolute Gasteiger partial charge is 0.320 e. The first-order valence-corrected chi connectivity index (χ1v) is 8.00. The number of aliphatic hydroxyl groups is 1. The lowest BCUT2D eigenvalue weighted by molar-refractivity contribution is -0.137. The van der Waals surface area contributed by atoms with Crippen molar-refractivity contribution in [1.29, 1.82) is 0 Å². The molecule has 0 radical (unpaired) electrons. The van der Waals surface area contributed by atoms with E-state index in [2.05, 4.69) is 0 Å². The van der Waals surface area contributed by atoms with Gasteiger partial charge in [-0.25, -0.2) is 4.79 Å². The summed E-state index contributed by atoms with van der Waals surface area (Å²) >= 11 is 0. The lowest BCUT2D eigenvalue weighted by atomic mass is 9.93. The third-order valence-corrected chi connectivity index (χ3v) is 4.64. The molecule has 2 aliphatic rings. The van der Waals surface area contributed by atoms with E-state index in [-0.39, 0.29) is 31.0 Å². The number of likely N-dealkylation sites (tertiary alicyclic amines) is 2. The van der Waals surface area contributed by atoms with Gasteiger partial charge in [-0.15, -0.1) is 0 Å². The fourth-order valence-corrected chi connectivity index (χ4v) is 3.43. The topological polar surface area (TPSA) is 81.1 Å². The molecule has 0 aliphatic carbocycles. The fourth-order valence-electron chi connectivity index (χ4n) is 3.43. The van der Waals surface area contributed by atoms with Gasteiger partial charge in [0.05, 0.1) is 12.6 Å². The standard InChI is InChI=1S/C15H26N2O4/c18-11-13-5-1-2-9-17(13)15(21)16-8-3-4-12(10-16)6-7-14(19)20/h12-13,18H,1-11H2,(H,19,20). The minimum absolute atomic E-state index is 0.0220. The Morgan fingerprint density at radius 2 is 1.90 bits per heavy atom. The Labute approximate surface area is 125 Å². The maximum atomic E-state index is 12.6. The summed E-state index contributed by atoms with van der Waals surface area (Å²) in [5.41, 5.74) is 0. The summed E-state index contributed by atoms with van der Waals surface area (Å²) in [5.74, 6) is -0.481. The van der Waals surface area contributed by atoms with Crippen LogP contribution in [0.15, 0.2) is 0 Å². The van der Waals surface area contributed by atoms with Crippen LogP contribution in [0.25, 0.3) is 0 Å². The number of urea groups is 1. The van der Waals surface area contributed by atoms with Crippen LogP contribution in [-0.2, 0) is 4.79 Å². The molecule has 0 aromatic carbocycles. The highest BCUT2D eigenvalue weighted by atomic mass is 16.4. The molecule has 2 atom stereocenters. The van der Waals surface area contributed by atoms with Crippen LogP contribution in [0.5, 0.6) is 0 Å². The Balaban J connectivity index is 1.90. The summed E-state index contributed by atoms with van der Waals surface area (Å²) in [5, 5.41) is 18.2. The number of carboxylic acid groups (broad SMARTS) is 1. The zero-order valence-electron chi connectivity index (χ0n) is 12.5. The van der Waals surface area contributed by atoms with Gasteiger partial charge in [-0.05, 0) is 44.4 Å². The van der Waals surface area contributed by atoms with E-state index in [4.69, 9.17) is 5.11 Å². The monoisotopic (exact) mass is 298 g/mol. The molecule has 2 N–H and O–H groups in total. The van der Waals surface area contributed by atoms with Crippen molar-refractivity contribution in [3.05, 3.63) is 0 Å². The number of aliphatic hydroxyl groups excluding tert-OH is 1. The number of nitrogens with zero attached hydrogens (tertiary/aromatic N) is 2. The van der Waals surface area contributed by atoms with Crippen LogP contribution in [0.4, 0.5) is 4.79 Å². The average molecular weight is 298 g/mol. The lowest BCUT2D eigenvalue weighted by Gasteiger charge is -2.41. The summed E-state index contributed by atoms with van der Waals surface area (Å²) in [6.07, 6.45) is 5.69. The summed E-state index contributed by atoms with van der Waals surface area (Å²) in [6, 6.07) is -0.0283. The molecule has 120 valence electrons. The molecule has 0 aromatic rings. The highest BCUT2D eigenvalue weighted by molar-refractivity contribution is 5.75. The van der Waals surface area contributed by atoms with E-state index < -0.39 is 5.97 Å². The van der Waals surface area contributed by atoms with Crippen LogP contribution >= 0.6 is 0 Å². The lowest BCUT2D eigenvalue weighted by Crippen LogP contribution is -2.53. The maximum Gasteiger partial charge on any atom is 0.320 e. The highest BCUT2D eigenvalue weighted by Gasteiger charge is 2.32. The quantitative estimate of drug-likeness (QED) is 0.824. The van der Waals surface area contributed by atoms with Crippen molar-refractivity contribution >= 4 is 12.0 Å². The molecule has 0 bridgehead atoms. The van der Waals surface area contributed by atoms with Gasteiger partial charge in [0, 0.05) is 26.1 Å². The van der Waals surface area contributed by atoms with Crippen molar-refractivity contribution < 1.29 is 19.8 Å². The molecule has 0 saturated carbocycles. The molecule has 0 aromatic heterocycles. The molecule has 6 nitrogen and oxygen atoms in total. The summed E-state index contributed by atoms with van der Waals surface area (Å²) < 4.78 is 0. The zero-order chi connectivity index (χ0) is 15.2. The molecule has 2 aliphatic heterocycles. The van der Waals surface area contributed by atoms with E-state index in [9.17, 15) is 14.7 Å². The van der Waals surface area contributed by atoms with Gasteiger partial charge in [0.25, 0.3) is 0 Å². The number of amides is 2. The van der Waals surface area contributed by atoms with Crippen LogP contribution in [-0.4, -0.2) is 64.3 Å². The van der Waals surface area contributed by atoms with Gasteiger partial charge in [-0.3, -0.25) is 4.79 Å². The number of rotatable bonds is 4. The van der Waals surface area contributed by atoms with Gasteiger partial charge in [0.2, 0.25) is 0 Å². The largest absolute Gasteiger partial charge is 0.481 e. The number of hydrogen-bond donors (Lipinski definition) is 2. The van der Waals surface area contributed by atoms with Crippen molar-refractivity contribution in [1.82, 2.24) is 9.80 Å². The van der Waals surface area contributed by atoms with Crippen molar-refractivity contribution in [2.24, 2.45) is 5.92 Å². The van der Waals surface area contributed by atoms with Crippen LogP contribution in [0.1, 0.15) is 44.9 Å². The summed E-state index contributed by atoms with van der Waals surface area (Å²) in [4.78, 5) is 27.0. The first kappa shape index (κ1) is 16.1. The Morgan fingerprint density at radius 3 is 2.62 bits per heavy atom. The fraction of sp³-hybridized carbons (Fsp3) is 0.867. The van der Waals surface area contributed by atoms with E-state index in [1.54, 1.807) is 0 Å². The van der Waals surface area contributed by atoms with Gasteiger partial charge in [0.1, 0.15) is 0 Å². The van der Waals surface area contributed by atoms with Gasteiger partial charge in [-0.2, -0.15) is 0 Å². The zero-order valence-corrected chi connectivity index (χ0v) is 12.5. The van der Waals surface area contributed by atoms with Crippen LogP contribution in [0.3, 0.4) is 0 Å². The minimum Gasteiger partial charge on any atom is -0.481 e. The number of aliphatic carboxylic acids is 1. The molecule has 2 rings (SSSR count). The van der Waals surface area contributed by atoms with Crippen molar-refractivity contribution in [3.63, 3.8) is 0 Å². The molecule has 21 heavy (non-hydrogen) atoms. The second-order valence-corrected chi connectivity index (χ2v) is 6.19. The van der Waals surface area contributed by atoms with Crippen LogP contribution in [0, 0.1) is 5.92 Å². The van der Waals surface area contributed by atoms with Crippen molar-refractivity contribution in [2.45, 2.75) is 51.0 Å². The second-order valence-electron chi connectivity index (χ2n) is 6.19. The Morgan fingerprint density at radius 1 is 1.10 bits per heavy atom. The van der Waals surface area contributed by atoms with E-state index in [1.807, 2.05) is 9.80 Å². The normalized spacial score (nSPS) is 26.7. The Hall–Kier alpha value is -1.30. The number of carbonyl (C=O) groups is 2. The van der Waals surface area contributed by atoms with Gasteiger partial charge in [-0.1, -0.05) is 0 Å². The number of piperidine rings is 2.